The fraction of sp³-hybridized carbons (Fsp3) is 0.263. The summed E-state index contributed by atoms with van der Waals surface area (Å²) in [4.78, 5) is 12.2. The highest BCUT2D eigenvalue weighted by Crippen LogP contribution is 2.34. The first-order valence-electron chi connectivity index (χ1n) is 8.33. The third kappa shape index (κ3) is 5.89. The largest absolute Gasteiger partial charge is 0.503 e. The van der Waals surface area contributed by atoms with Gasteiger partial charge >= 0.3 is 0 Å². The second-order valence-corrected chi connectivity index (χ2v) is 6.47. The zero-order chi connectivity index (χ0) is 19.8. The SMILES string of the molecule is CCOc1ccc(N[C@@H](C)C(=O)N/N=C\c2cc(Br)c(O)c(OC)c2)cc1. The van der Waals surface area contributed by atoms with Crippen molar-refractivity contribution in [3.8, 4) is 17.2 Å². The lowest BCUT2D eigenvalue weighted by molar-refractivity contribution is -0.121. The van der Waals surface area contributed by atoms with Crippen molar-refractivity contribution in [2.75, 3.05) is 19.0 Å². The zero-order valence-electron chi connectivity index (χ0n) is 15.3. The number of hydrazone groups is 1. The minimum absolute atomic E-state index is 0.00635. The van der Waals surface area contributed by atoms with Gasteiger partial charge in [0.1, 0.15) is 11.8 Å². The van der Waals surface area contributed by atoms with Crippen LogP contribution in [-0.4, -0.2) is 37.0 Å². The molecule has 27 heavy (non-hydrogen) atoms. The van der Waals surface area contributed by atoms with Crippen LogP contribution in [0.3, 0.4) is 0 Å². The van der Waals surface area contributed by atoms with Gasteiger partial charge in [-0.25, -0.2) is 5.43 Å². The summed E-state index contributed by atoms with van der Waals surface area (Å²) >= 11 is 3.24. The van der Waals surface area contributed by atoms with E-state index in [-0.39, 0.29) is 11.7 Å². The number of nitrogens with zero attached hydrogens (tertiary/aromatic N) is 1. The quantitative estimate of drug-likeness (QED) is 0.435. The molecule has 0 saturated carbocycles. The third-order valence-corrected chi connectivity index (χ3v) is 4.21. The molecule has 0 unspecified atom stereocenters. The second kappa shape index (κ2) is 9.82. The molecule has 0 spiro atoms. The number of carbonyl (C=O) groups is 1. The Labute approximate surface area is 166 Å². The molecule has 2 aromatic carbocycles. The van der Waals surface area contributed by atoms with Crippen molar-refractivity contribution in [2.45, 2.75) is 19.9 Å². The maximum Gasteiger partial charge on any atom is 0.262 e. The molecule has 0 aliphatic carbocycles. The fourth-order valence-electron chi connectivity index (χ4n) is 2.22. The van der Waals surface area contributed by atoms with Crippen LogP contribution in [0.15, 0.2) is 46.0 Å². The lowest BCUT2D eigenvalue weighted by Gasteiger charge is -2.14. The van der Waals surface area contributed by atoms with Gasteiger partial charge in [-0.2, -0.15) is 5.10 Å². The van der Waals surface area contributed by atoms with E-state index in [4.69, 9.17) is 9.47 Å². The molecule has 3 N–H and O–H groups in total. The van der Waals surface area contributed by atoms with Crippen LogP contribution in [-0.2, 0) is 4.79 Å². The minimum atomic E-state index is -0.485. The minimum Gasteiger partial charge on any atom is -0.503 e. The summed E-state index contributed by atoms with van der Waals surface area (Å²) in [5.41, 5.74) is 3.94. The number of aromatic hydroxyl groups is 1. The predicted molar refractivity (Wildman–Crippen MR) is 109 cm³/mol. The van der Waals surface area contributed by atoms with E-state index in [0.717, 1.165) is 11.4 Å². The summed E-state index contributed by atoms with van der Waals surface area (Å²) < 4.78 is 10.9. The van der Waals surface area contributed by atoms with Crippen LogP contribution in [0.25, 0.3) is 0 Å². The van der Waals surface area contributed by atoms with E-state index in [2.05, 4.69) is 31.8 Å². The van der Waals surface area contributed by atoms with Crippen LogP contribution in [0.5, 0.6) is 17.2 Å². The number of amides is 1. The Hall–Kier alpha value is -2.74. The highest BCUT2D eigenvalue weighted by Gasteiger charge is 2.12. The summed E-state index contributed by atoms with van der Waals surface area (Å²) in [6.07, 6.45) is 1.47. The predicted octanol–water partition coefficient (Wildman–Crippen LogP) is 3.51. The van der Waals surface area contributed by atoms with Crippen molar-refractivity contribution in [3.63, 3.8) is 0 Å². The number of carbonyl (C=O) groups excluding carboxylic acids is 1. The van der Waals surface area contributed by atoms with E-state index in [1.54, 1.807) is 19.1 Å². The van der Waals surface area contributed by atoms with Gasteiger partial charge in [0.2, 0.25) is 0 Å². The molecule has 0 saturated heterocycles. The summed E-state index contributed by atoms with van der Waals surface area (Å²) in [5, 5.41) is 16.8. The smallest absolute Gasteiger partial charge is 0.262 e. The molecule has 7 nitrogen and oxygen atoms in total. The molecular formula is C19H22BrN3O4. The number of phenols is 1. The van der Waals surface area contributed by atoms with Gasteiger partial charge in [-0.15, -0.1) is 0 Å². The zero-order valence-corrected chi connectivity index (χ0v) is 16.9. The highest BCUT2D eigenvalue weighted by molar-refractivity contribution is 9.10. The number of benzene rings is 2. The Morgan fingerprint density at radius 1 is 1.33 bits per heavy atom. The van der Waals surface area contributed by atoms with Crippen molar-refractivity contribution >= 4 is 33.7 Å². The molecule has 0 aliphatic rings. The van der Waals surface area contributed by atoms with Crippen molar-refractivity contribution in [1.29, 1.82) is 0 Å². The summed E-state index contributed by atoms with van der Waals surface area (Å²) in [7, 11) is 1.46. The molecule has 144 valence electrons. The van der Waals surface area contributed by atoms with Gasteiger partial charge in [-0.05, 0) is 71.7 Å². The van der Waals surface area contributed by atoms with Gasteiger partial charge in [0.15, 0.2) is 11.5 Å². The number of nitrogens with one attached hydrogen (secondary N) is 2. The number of halogens is 1. The van der Waals surface area contributed by atoms with E-state index < -0.39 is 6.04 Å². The van der Waals surface area contributed by atoms with E-state index in [0.29, 0.717) is 22.4 Å². The van der Waals surface area contributed by atoms with Gasteiger partial charge < -0.3 is 19.9 Å². The van der Waals surface area contributed by atoms with Gasteiger partial charge in [0, 0.05) is 5.69 Å². The van der Waals surface area contributed by atoms with Crippen LogP contribution >= 0.6 is 15.9 Å². The number of ether oxygens (including phenoxy) is 2. The van der Waals surface area contributed by atoms with Crippen molar-refractivity contribution in [3.05, 3.63) is 46.4 Å². The Balaban J connectivity index is 1.92. The molecule has 0 heterocycles. The highest BCUT2D eigenvalue weighted by atomic mass is 79.9. The molecular weight excluding hydrogens is 414 g/mol. The maximum atomic E-state index is 12.2. The van der Waals surface area contributed by atoms with Gasteiger partial charge in [0.25, 0.3) is 5.91 Å². The molecule has 0 aromatic heterocycles. The molecule has 2 aromatic rings. The molecule has 0 radical (unpaired) electrons. The monoisotopic (exact) mass is 435 g/mol. The first-order chi connectivity index (χ1) is 12.9. The van der Waals surface area contributed by atoms with Crippen LogP contribution in [0.4, 0.5) is 5.69 Å². The second-order valence-electron chi connectivity index (χ2n) is 5.61. The summed E-state index contributed by atoms with van der Waals surface area (Å²) in [6, 6.07) is 10.2. The van der Waals surface area contributed by atoms with Gasteiger partial charge in [-0.1, -0.05) is 0 Å². The van der Waals surface area contributed by atoms with Gasteiger partial charge in [-0.3, -0.25) is 4.79 Å². The average molecular weight is 436 g/mol. The molecule has 0 bridgehead atoms. The standard InChI is InChI=1S/C19H22BrN3O4/c1-4-27-15-7-5-14(6-8-15)22-12(2)19(25)23-21-11-13-9-16(20)18(24)17(10-13)26-3/h5-12,22,24H,4H2,1-3H3,(H,23,25)/b21-11-/t12-/m0/s1. The molecule has 0 aliphatic heterocycles. The van der Waals surface area contributed by atoms with Crippen molar-refractivity contribution in [2.24, 2.45) is 5.10 Å². The van der Waals surface area contributed by atoms with Crippen LogP contribution in [0.2, 0.25) is 0 Å². The Morgan fingerprint density at radius 2 is 2.04 bits per heavy atom. The van der Waals surface area contributed by atoms with Crippen LogP contribution in [0.1, 0.15) is 19.4 Å². The van der Waals surface area contributed by atoms with E-state index in [1.807, 2.05) is 31.2 Å². The lowest BCUT2D eigenvalue weighted by Crippen LogP contribution is -2.34. The molecule has 1 atom stereocenters. The molecule has 0 fully saturated rings. The van der Waals surface area contributed by atoms with E-state index >= 15 is 0 Å². The van der Waals surface area contributed by atoms with E-state index in [9.17, 15) is 9.90 Å². The first kappa shape index (κ1) is 20.6. The summed E-state index contributed by atoms with van der Waals surface area (Å²) in [6.45, 7) is 4.26. The number of rotatable bonds is 8. The normalized spacial score (nSPS) is 11.9. The Morgan fingerprint density at radius 3 is 2.67 bits per heavy atom. The third-order valence-electron chi connectivity index (χ3n) is 3.60. The molecule has 8 heteroatoms. The summed E-state index contributed by atoms with van der Waals surface area (Å²) in [5.74, 6) is 0.805. The molecule has 1 amide bonds. The first-order valence-corrected chi connectivity index (χ1v) is 9.12. The lowest BCUT2D eigenvalue weighted by atomic mass is 10.2. The average Bonchev–Trinajstić information content (AvgIpc) is 2.66. The molecule has 2 rings (SSSR count). The number of methoxy groups -OCH3 is 1. The fourth-order valence-corrected chi connectivity index (χ4v) is 2.68. The van der Waals surface area contributed by atoms with Crippen molar-refractivity contribution in [1.82, 2.24) is 5.43 Å². The number of hydrogen-bond acceptors (Lipinski definition) is 6. The maximum absolute atomic E-state index is 12.2. The Bertz CT molecular complexity index is 809. The van der Waals surface area contributed by atoms with Crippen LogP contribution in [0, 0.1) is 0 Å². The number of phenolic OH excluding ortho intramolecular Hbond substituents is 1. The van der Waals surface area contributed by atoms with E-state index in [1.165, 1.54) is 13.3 Å². The number of hydrogen-bond donors (Lipinski definition) is 3. The topological polar surface area (TPSA) is 92.2 Å². The number of anilines is 1. The Kier molecular flexibility index (Phi) is 7.48. The van der Waals surface area contributed by atoms with Crippen LogP contribution < -0.4 is 20.2 Å². The van der Waals surface area contributed by atoms with Crippen molar-refractivity contribution < 1.29 is 19.4 Å². The van der Waals surface area contributed by atoms with Gasteiger partial charge in [0.05, 0.1) is 24.4 Å².